The maximum Gasteiger partial charge on any atom is 0.271 e. The van der Waals surface area contributed by atoms with E-state index in [9.17, 15) is 4.79 Å². The topological polar surface area (TPSA) is 39.4 Å². The zero-order valence-electron chi connectivity index (χ0n) is 12.0. The lowest BCUT2D eigenvalue weighted by Gasteiger charge is -2.21. The van der Waals surface area contributed by atoms with Crippen LogP contribution >= 0.6 is 0 Å². The Bertz CT molecular complexity index is 436. The molecule has 3 heteroatoms. The van der Waals surface area contributed by atoms with Crippen molar-refractivity contribution in [2.45, 2.75) is 51.6 Å². The first-order chi connectivity index (χ1) is 9.11. The molecule has 1 heterocycles. The molecule has 1 aromatic heterocycles. The molecule has 0 aromatic carbocycles. The van der Waals surface area contributed by atoms with E-state index < -0.39 is 5.60 Å². The van der Waals surface area contributed by atoms with Crippen molar-refractivity contribution in [2.24, 2.45) is 0 Å². The van der Waals surface area contributed by atoms with E-state index >= 15 is 0 Å². The molecule has 0 spiro atoms. The number of ketones is 1. The molecule has 1 atom stereocenters. The van der Waals surface area contributed by atoms with Crippen LogP contribution in [0.25, 0.3) is 0 Å². The molecule has 0 aliphatic carbocycles. The van der Waals surface area contributed by atoms with Crippen LogP contribution in [0.15, 0.2) is 22.8 Å². The molecule has 1 aromatic rings. The Morgan fingerprint density at radius 3 is 2.79 bits per heavy atom. The molecule has 0 unspecified atom stereocenters. The van der Waals surface area contributed by atoms with Crippen LogP contribution in [0.1, 0.15) is 56.5 Å². The first-order valence-electron chi connectivity index (χ1n) is 6.77. The second-order valence-electron chi connectivity index (χ2n) is 4.80. The number of ether oxygens (including phenoxy) is 1. The summed E-state index contributed by atoms with van der Waals surface area (Å²) in [6.07, 6.45) is 6.95. The van der Waals surface area contributed by atoms with Crippen LogP contribution in [-0.2, 0) is 4.74 Å². The molecular weight excluding hydrogens is 240 g/mol. The number of rotatable bonds is 7. The number of methoxy groups -OCH3 is 1. The Hall–Kier alpha value is -1.53. The van der Waals surface area contributed by atoms with Gasteiger partial charge >= 0.3 is 0 Å². The van der Waals surface area contributed by atoms with Crippen LogP contribution in [0, 0.1) is 11.8 Å². The van der Waals surface area contributed by atoms with E-state index in [0.717, 1.165) is 12.8 Å². The summed E-state index contributed by atoms with van der Waals surface area (Å²) in [6, 6.07) is 3.29. The van der Waals surface area contributed by atoms with Crippen molar-refractivity contribution in [2.75, 3.05) is 7.11 Å². The van der Waals surface area contributed by atoms with Gasteiger partial charge in [0, 0.05) is 7.11 Å². The van der Waals surface area contributed by atoms with E-state index in [0.29, 0.717) is 0 Å². The van der Waals surface area contributed by atoms with Gasteiger partial charge in [-0.3, -0.25) is 4.79 Å². The van der Waals surface area contributed by atoms with Crippen LogP contribution in [0.5, 0.6) is 0 Å². The SMILES string of the molecule is CCCCCC[C@@](C)(C#CC(=O)c1ccco1)OC. The third kappa shape index (κ3) is 5.32. The molecule has 1 rings (SSSR count). The lowest BCUT2D eigenvalue weighted by Crippen LogP contribution is -2.25. The minimum Gasteiger partial charge on any atom is -0.460 e. The van der Waals surface area contributed by atoms with Crippen molar-refractivity contribution in [3.05, 3.63) is 24.2 Å². The maximum absolute atomic E-state index is 11.7. The van der Waals surface area contributed by atoms with Gasteiger partial charge in [0.2, 0.25) is 0 Å². The quantitative estimate of drug-likeness (QED) is 0.324. The van der Waals surface area contributed by atoms with E-state index in [4.69, 9.17) is 9.15 Å². The lowest BCUT2D eigenvalue weighted by molar-refractivity contribution is 0.0475. The fourth-order valence-electron chi connectivity index (χ4n) is 1.76. The van der Waals surface area contributed by atoms with E-state index in [1.54, 1.807) is 19.2 Å². The number of carbonyl (C=O) groups is 1. The molecule has 0 saturated carbocycles. The summed E-state index contributed by atoms with van der Waals surface area (Å²) < 4.78 is 10.4. The predicted molar refractivity (Wildman–Crippen MR) is 75.0 cm³/mol. The molecule has 0 fully saturated rings. The van der Waals surface area contributed by atoms with Crippen molar-refractivity contribution in [3.63, 3.8) is 0 Å². The number of hydrogen-bond acceptors (Lipinski definition) is 3. The second kappa shape index (κ2) is 7.81. The van der Waals surface area contributed by atoms with E-state index in [1.807, 2.05) is 6.92 Å². The van der Waals surface area contributed by atoms with Crippen molar-refractivity contribution in [1.82, 2.24) is 0 Å². The fourth-order valence-corrected chi connectivity index (χ4v) is 1.76. The van der Waals surface area contributed by atoms with Crippen molar-refractivity contribution in [3.8, 4) is 11.8 Å². The van der Waals surface area contributed by atoms with Crippen LogP contribution in [0.2, 0.25) is 0 Å². The highest BCUT2D eigenvalue weighted by atomic mass is 16.5. The van der Waals surface area contributed by atoms with Gasteiger partial charge in [0.15, 0.2) is 5.76 Å². The Kier molecular flexibility index (Phi) is 6.38. The highest BCUT2D eigenvalue weighted by molar-refractivity contribution is 6.07. The lowest BCUT2D eigenvalue weighted by atomic mass is 9.98. The molecule has 0 amide bonds. The van der Waals surface area contributed by atoms with Crippen molar-refractivity contribution < 1.29 is 13.9 Å². The Labute approximate surface area is 115 Å². The zero-order chi connectivity index (χ0) is 14.1. The Balaban J connectivity index is 2.57. The van der Waals surface area contributed by atoms with Crippen molar-refractivity contribution >= 4 is 5.78 Å². The third-order valence-electron chi connectivity index (χ3n) is 3.14. The van der Waals surface area contributed by atoms with Gasteiger partial charge in [-0.05, 0) is 37.8 Å². The van der Waals surface area contributed by atoms with E-state index in [1.165, 1.54) is 25.5 Å². The molecule has 0 aliphatic heterocycles. The van der Waals surface area contributed by atoms with Crippen LogP contribution in [-0.4, -0.2) is 18.5 Å². The van der Waals surface area contributed by atoms with Gasteiger partial charge in [-0.2, -0.15) is 0 Å². The van der Waals surface area contributed by atoms with Gasteiger partial charge in [0.05, 0.1) is 6.26 Å². The fraction of sp³-hybridized carbons (Fsp3) is 0.562. The van der Waals surface area contributed by atoms with E-state index in [2.05, 4.69) is 18.8 Å². The zero-order valence-corrected chi connectivity index (χ0v) is 12.0. The molecule has 3 nitrogen and oxygen atoms in total. The molecule has 19 heavy (non-hydrogen) atoms. The number of furan rings is 1. The summed E-state index contributed by atoms with van der Waals surface area (Å²) in [5, 5.41) is 0. The standard InChI is InChI=1S/C16H22O3/c1-4-5-6-7-11-16(2,18-3)12-10-14(17)15-9-8-13-19-15/h8-9,13H,4-7,11H2,1-3H3/t16-/m0/s1. The first kappa shape index (κ1) is 15.5. The minimum absolute atomic E-state index is 0.275. The Morgan fingerprint density at radius 2 is 2.21 bits per heavy atom. The monoisotopic (exact) mass is 262 g/mol. The molecule has 0 saturated heterocycles. The third-order valence-corrected chi connectivity index (χ3v) is 3.14. The maximum atomic E-state index is 11.7. The Morgan fingerprint density at radius 1 is 1.42 bits per heavy atom. The number of carbonyl (C=O) groups excluding carboxylic acids is 1. The van der Waals surface area contributed by atoms with Crippen LogP contribution < -0.4 is 0 Å². The van der Waals surface area contributed by atoms with Gasteiger partial charge in [0.25, 0.3) is 5.78 Å². The summed E-state index contributed by atoms with van der Waals surface area (Å²) in [6.45, 7) is 4.10. The smallest absolute Gasteiger partial charge is 0.271 e. The van der Waals surface area contributed by atoms with Crippen molar-refractivity contribution in [1.29, 1.82) is 0 Å². The van der Waals surface area contributed by atoms with Crippen LogP contribution in [0.3, 0.4) is 0 Å². The summed E-state index contributed by atoms with van der Waals surface area (Å²) >= 11 is 0. The van der Waals surface area contributed by atoms with Gasteiger partial charge in [-0.25, -0.2) is 0 Å². The number of hydrogen-bond donors (Lipinski definition) is 0. The molecule has 0 N–H and O–H groups in total. The first-order valence-corrected chi connectivity index (χ1v) is 6.77. The summed E-state index contributed by atoms with van der Waals surface area (Å²) in [5.41, 5.74) is -0.560. The highest BCUT2D eigenvalue weighted by Gasteiger charge is 2.20. The average Bonchev–Trinajstić information content (AvgIpc) is 2.95. The van der Waals surface area contributed by atoms with Crippen LogP contribution in [0.4, 0.5) is 0 Å². The molecule has 0 bridgehead atoms. The molecule has 104 valence electrons. The molecule has 0 aliphatic rings. The summed E-state index contributed by atoms with van der Waals surface area (Å²) in [7, 11) is 1.63. The number of Topliss-reactive ketones (excluding diaryl/α,β-unsaturated/α-hetero) is 1. The van der Waals surface area contributed by atoms with Gasteiger partial charge < -0.3 is 9.15 Å². The van der Waals surface area contributed by atoms with Gasteiger partial charge in [-0.1, -0.05) is 32.1 Å². The average molecular weight is 262 g/mol. The summed E-state index contributed by atoms with van der Waals surface area (Å²) in [4.78, 5) is 11.7. The second-order valence-corrected chi connectivity index (χ2v) is 4.80. The largest absolute Gasteiger partial charge is 0.460 e. The van der Waals surface area contributed by atoms with E-state index in [-0.39, 0.29) is 11.5 Å². The molecule has 0 radical (unpaired) electrons. The normalized spacial score (nSPS) is 13.4. The molecular formula is C16H22O3. The van der Waals surface area contributed by atoms with Gasteiger partial charge in [0.1, 0.15) is 5.60 Å². The van der Waals surface area contributed by atoms with Gasteiger partial charge in [-0.15, -0.1) is 0 Å². The predicted octanol–water partition coefficient (Wildman–Crippen LogP) is 3.84. The minimum atomic E-state index is -0.560. The highest BCUT2D eigenvalue weighted by Crippen LogP contribution is 2.18. The summed E-state index contributed by atoms with van der Waals surface area (Å²) in [5.74, 6) is 5.51. The number of unbranched alkanes of at least 4 members (excludes halogenated alkanes) is 3.